The van der Waals surface area contributed by atoms with E-state index in [1.54, 1.807) is 6.20 Å². The minimum absolute atomic E-state index is 0.336. The van der Waals surface area contributed by atoms with E-state index in [9.17, 15) is 4.39 Å². The van der Waals surface area contributed by atoms with E-state index in [-0.39, 0.29) is 5.82 Å². The van der Waals surface area contributed by atoms with Gasteiger partial charge in [0.05, 0.1) is 11.9 Å². The summed E-state index contributed by atoms with van der Waals surface area (Å²) in [5.74, 6) is -0.336. The van der Waals surface area contributed by atoms with E-state index in [0.29, 0.717) is 0 Å². The SMILES string of the molecule is Cc1nc(-c2cncc(F)c2)sc1N(C)C. The predicted molar refractivity (Wildman–Crippen MR) is 64.4 cm³/mol. The molecule has 0 unspecified atom stereocenters. The van der Waals surface area contributed by atoms with Gasteiger partial charge in [0.25, 0.3) is 0 Å². The summed E-state index contributed by atoms with van der Waals surface area (Å²) in [5.41, 5.74) is 1.68. The van der Waals surface area contributed by atoms with Crippen molar-refractivity contribution in [3.63, 3.8) is 0 Å². The van der Waals surface area contributed by atoms with Gasteiger partial charge in [0.2, 0.25) is 0 Å². The Morgan fingerprint density at radius 1 is 1.31 bits per heavy atom. The van der Waals surface area contributed by atoms with Gasteiger partial charge in [-0.15, -0.1) is 0 Å². The molecule has 2 aromatic heterocycles. The van der Waals surface area contributed by atoms with Crippen LogP contribution in [0.15, 0.2) is 18.5 Å². The Balaban J connectivity index is 2.45. The van der Waals surface area contributed by atoms with Crippen LogP contribution in [0.2, 0.25) is 0 Å². The van der Waals surface area contributed by atoms with Crippen molar-refractivity contribution in [2.45, 2.75) is 6.92 Å². The van der Waals surface area contributed by atoms with Gasteiger partial charge in [0.15, 0.2) is 0 Å². The molecule has 2 aromatic rings. The second-order valence-electron chi connectivity index (χ2n) is 3.70. The van der Waals surface area contributed by atoms with Crippen molar-refractivity contribution in [2.24, 2.45) is 0 Å². The van der Waals surface area contributed by atoms with Crippen molar-refractivity contribution in [2.75, 3.05) is 19.0 Å². The molecule has 0 aromatic carbocycles. The molecule has 2 rings (SSSR count). The third-order valence-electron chi connectivity index (χ3n) is 2.13. The van der Waals surface area contributed by atoms with Crippen molar-refractivity contribution < 1.29 is 4.39 Å². The fourth-order valence-corrected chi connectivity index (χ4v) is 2.43. The molecule has 0 aliphatic heterocycles. The molecule has 0 saturated carbocycles. The highest BCUT2D eigenvalue weighted by Crippen LogP contribution is 2.32. The number of pyridine rings is 1. The van der Waals surface area contributed by atoms with Gasteiger partial charge in [0, 0.05) is 25.9 Å². The van der Waals surface area contributed by atoms with Gasteiger partial charge >= 0.3 is 0 Å². The van der Waals surface area contributed by atoms with Crippen molar-refractivity contribution >= 4 is 16.3 Å². The Bertz CT molecular complexity index is 508. The smallest absolute Gasteiger partial charge is 0.142 e. The number of nitrogens with zero attached hydrogens (tertiary/aromatic N) is 3. The zero-order valence-corrected chi connectivity index (χ0v) is 10.2. The highest BCUT2D eigenvalue weighted by molar-refractivity contribution is 7.19. The summed E-state index contributed by atoms with van der Waals surface area (Å²) in [6.07, 6.45) is 2.82. The van der Waals surface area contributed by atoms with E-state index in [1.807, 2.05) is 25.9 Å². The van der Waals surface area contributed by atoms with Crippen LogP contribution in [0.5, 0.6) is 0 Å². The maximum Gasteiger partial charge on any atom is 0.142 e. The minimum Gasteiger partial charge on any atom is -0.368 e. The first-order valence-electron chi connectivity index (χ1n) is 4.83. The van der Waals surface area contributed by atoms with Gasteiger partial charge in [-0.25, -0.2) is 9.37 Å². The average Bonchev–Trinajstić information content (AvgIpc) is 2.60. The Hall–Kier alpha value is -1.49. The lowest BCUT2D eigenvalue weighted by Gasteiger charge is -2.08. The van der Waals surface area contributed by atoms with Crippen molar-refractivity contribution in [3.05, 3.63) is 30.0 Å². The van der Waals surface area contributed by atoms with Crippen LogP contribution in [-0.4, -0.2) is 24.1 Å². The summed E-state index contributed by atoms with van der Waals surface area (Å²) in [6, 6.07) is 1.45. The molecule has 0 radical (unpaired) electrons. The predicted octanol–water partition coefficient (Wildman–Crippen LogP) is 2.72. The van der Waals surface area contributed by atoms with Gasteiger partial charge in [0.1, 0.15) is 15.8 Å². The van der Waals surface area contributed by atoms with Crippen LogP contribution in [-0.2, 0) is 0 Å². The van der Waals surface area contributed by atoms with E-state index in [2.05, 4.69) is 9.97 Å². The highest BCUT2D eigenvalue weighted by Gasteiger charge is 2.11. The molecule has 2 heterocycles. The normalized spacial score (nSPS) is 10.5. The zero-order valence-electron chi connectivity index (χ0n) is 9.36. The zero-order chi connectivity index (χ0) is 11.7. The number of thiazole rings is 1. The largest absolute Gasteiger partial charge is 0.368 e. The highest BCUT2D eigenvalue weighted by atomic mass is 32.1. The van der Waals surface area contributed by atoms with Crippen LogP contribution in [0, 0.1) is 12.7 Å². The quantitative estimate of drug-likeness (QED) is 0.804. The number of halogens is 1. The summed E-state index contributed by atoms with van der Waals surface area (Å²) < 4.78 is 13.0. The van der Waals surface area contributed by atoms with Crippen molar-refractivity contribution in [1.29, 1.82) is 0 Å². The molecular formula is C11H12FN3S. The molecule has 5 heteroatoms. The molecule has 0 fully saturated rings. The Kier molecular flexibility index (Phi) is 2.87. The molecule has 0 atom stereocenters. The number of aromatic nitrogens is 2. The molecule has 0 aliphatic rings. The van der Waals surface area contributed by atoms with Crippen molar-refractivity contribution in [1.82, 2.24) is 9.97 Å². The maximum atomic E-state index is 13.0. The van der Waals surface area contributed by atoms with Crippen LogP contribution in [0.3, 0.4) is 0 Å². The van der Waals surface area contributed by atoms with E-state index < -0.39 is 0 Å². The van der Waals surface area contributed by atoms with Gasteiger partial charge in [-0.2, -0.15) is 0 Å². The average molecular weight is 237 g/mol. The second-order valence-corrected chi connectivity index (χ2v) is 4.67. The van der Waals surface area contributed by atoms with Crippen molar-refractivity contribution in [3.8, 4) is 10.6 Å². The molecule has 16 heavy (non-hydrogen) atoms. The summed E-state index contributed by atoms with van der Waals surface area (Å²) in [7, 11) is 3.93. The second kappa shape index (κ2) is 4.17. The summed E-state index contributed by atoms with van der Waals surface area (Å²) >= 11 is 1.54. The molecule has 0 bridgehead atoms. The van der Waals surface area contributed by atoms with E-state index in [0.717, 1.165) is 21.3 Å². The molecular weight excluding hydrogens is 225 g/mol. The molecule has 84 valence electrons. The molecule has 0 aliphatic carbocycles. The van der Waals surface area contributed by atoms with Gasteiger partial charge in [-0.3, -0.25) is 4.98 Å². The number of hydrogen-bond donors (Lipinski definition) is 0. The summed E-state index contributed by atoms with van der Waals surface area (Å²) in [5, 5.41) is 1.88. The number of rotatable bonds is 2. The molecule has 0 N–H and O–H groups in total. The Labute approximate surface area is 97.6 Å². The summed E-state index contributed by atoms with van der Waals surface area (Å²) in [4.78, 5) is 10.2. The number of hydrogen-bond acceptors (Lipinski definition) is 4. The van der Waals surface area contributed by atoms with Gasteiger partial charge in [-0.1, -0.05) is 11.3 Å². The monoisotopic (exact) mass is 237 g/mol. The standard InChI is InChI=1S/C11H12FN3S/c1-7-11(15(2)3)16-10(14-7)8-4-9(12)6-13-5-8/h4-6H,1-3H3. The van der Waals surface area contributed by atoms with Crippen LogP contribution in [0.25, 0.3) is 10.6 Å². The first kappa shape index (κ1) is 11.0. The van der Waals surface area contributed by atoms with E-state index >= 15 is 0 Å². The third kappa shape index (κ3) is 2.04. The lowest BCUT2D eigenvalue weighted by molar-refractivity contribution is 0.622. The lowest BCUT2D eigenvalue weighted by Crippen LogP contribution is -2.07. The topological polar surface area (TPSA) is 29.0 Å². The number of aryl methyl sites for hydroxylation is 1. The Morgan fingerprint density at radius 2 is 2.06 bits per heavy atom. The lowest BCUT2D eigenvalue weighted by atomic mass is 10.3. The minimum atomic E-state index is -0.336. The van der Waals surface area contributed by atoms with Crippen LogP contribution < -0.4 is 4.90 Å². The molecule has 0 spiro atoms. The first-order chi connectivity index (χ1) is 7.58. The van der Waals surface area contributed by atoms with Crippen LogP contribution >= 0.6 is 11.3 Å². The van der Waals surface area contributed by atoms with Crippen LogP contribution in [0.1, 0.15) is 5.69 Å². The van der Waals surface area contributed by atoms with Gasteiger partial charge < -0.3 is 4.90 Å². The summed E-state index contributed by atoms with van der Waals surface area (Å²) in [6.45, 7) is 1.95. The van der Waals surface area contributed by atoms with Crippen LogP contribution in [0.4, 0.5) is 9.39 Å². The first-order valence-corrected chi connectivity index (χ1v) is 5.65. The molecule has 0 amide bonds. The maximum absolute atomic E-state index is 13.0. The Morgan fingerprint density at radius 3 is 2.62 bits per heavy atom. The third-order valence-corrected chi connectivity index (χ3v) is 3.50. The van der Waals surface area contributed by atoms with E-state index in [4.69, 9.17) is 0 Å². The molecule has 0 saturated heterocycles. The molecule has 3 nitrogen and oxygen atoms in total. The van der Waals surface area contributed by atoms with E-state index in [1.165, 1.54) is 23.6 Å². The van der Waals surface area contributed by atoms with Gasteiger partial charge in [-0.05, 0) is 13.0 Å². The fourth-order valence-electron chi connectivity index (χ4n) is 1.46. The fraction of sp³-hybridized carbons (Fsp3) is 0.273. The number of anilines is 1.